The van der Waals surface area contributed by atoms with E-state index in [1.54, 1.807) is 0 Å². The maximum absolute atomic E-state index is 14.0. The van der Waals surface area contributed by atoms with Gasteiger partial charge in [0.05, 0.1) is 37.9 Å². The molecule has 1 aromatic heterocycles. The van der Waals surface area contributed by atoms with Crippen molar-refractivity contribution < 1.29 is 15.3 Å². The summed E-state index contributed by atoms with van der Waals surface area (Å²) in [6.45, 7) is 15.0. The van der Waals surface area contributed by atoms with E-state index in [1.807, 2.05) is 11.9 Å². The Morgan fingerprint density at radius 2 is 0.655 bits per heavy atom. The lowest BCUT2D eigenvalue weighted by molar-refractivity contribution is 0.0816. The van der Waals surface area contributed by atoms with Crippen molar-refractivity contribution in [1.82, 2.24) is 28.4 Å². The van der Waals surface area contributed by atoms with Gasteiger partial charge in [0.15, 0.2) is 0 Å². The summed E-state index contributed by atoms with van der Waals surface area (Å²) < 4.78 is 2.82. The molecule has 0 bridgehead atoms. The predicted molar refractivity (Wildman–Crippen MR) is 228 cm³/mol. The van der Waals surface area contributed by atoms with Gasteiger partial charge in [0.2, 0.25) is 0 Å². The molecular formula is C43H86N6O6. The van der Waals surface area contributed by atoms with Crippen molar-refractivity contribution in [3.8, 4) is 0 Å². The van der Waals surface area contributed by atoms with E-state index < -0.39 is 35.4 Å². The first-order valence-corrected chi connectivity index (χ1v) is 22.6. The van der Waals surface area contributed by atoms with Gasteiger partial charge in [0, 0.05) is 19.6 Å². The standard InChI is InChI=1S/C43H86N6O6/c1-7-12-17-22-27-44(6)32-38(50)35-47-41(53)48(36-39(51)33-45(28-23-18-13-8-2)29-24-19-14-9-3)43(55)49(42(47)54)37-40(52)34-46(30-25-20-15-10-4)31-26-21-16-11-5/h38-40,50-52H,7-37H2,1-6H3. The molecule has 0 saturated carbocycles. The lowest BCUT2D eigenvalue weighted by Crippen LogP contribution is -2.58. The van der Waals surface area contributed by atoms with E-state index >= 15 is 0 Å². The Morgan fingerprint density at radius 3 is 0.927 bits per heavy atom. The minimum Gasteiger partial charge on any atom is -0.390 e. The zero-order valence-electron chi connectivity index (χ0n) is 36.4. The molecule has 0 aliphatic rings. The molecule has 0 radical (unpaired) electrons. The molecular weight excluding hydrogens is 697 g/mol. The Labute approximate surface area is 334 Å². The van der Waals surface area contributed by atoms with Crippen LogP contribution in [-0.4, -0.2) is 121 Å². The maximum Gasteiger partial charge on any atom is 0.336 e. The summed E-state index contributed by atoms with van der Waals surface area (Å²) in [7, 11) is 1.91. The van der Waals surface area contributed by atoms with E-state index in [9.17, 15) is 29.7 Å². The number of aliphatic hydroxyl groups excluding tert-OH is 3. The molecule has 0 amide bonds. The van der Waals surface area contributed by atoms with E-state index in [0.29, 0.717) is 13.1 Å². The number of hydrogen-bond donors (Lipinski definition) is 3. The molecule has 1 rings (SSSR count). The van der Waals surface area contributed by atoms with Gasteiger partial charge in [0.1, 0.15) is 0 Å². The first kappa shape index (κ1) is 51.2. The molecule has 12 heteroatoms. The van der Waals surface area contributed by atoms with Crippen LogP contribution in [0.1, 0.15) is 163 Å². The summed E-state index contributed by atoms with van der Waals surface area (Å²) in [4.78, 5) is 48.3. The van der Waals surface area contributed by atoms with Gasteiger partial charge < -0.3 is 30.0 Å². The Bertz CT molecular complexity index is 1150. The smallest absolute Gasteiger partial charge is 0.336 e. The number of rotatable bonds is 37. The average Bonchev–Trinajstić information content (AvgIpc) is 3.15. The lowest BCUT2D eigenvalue weighted by Gasteiger charge is -2.27. The molecule has 3 atom stereocenters. The molecule has 12 nitrogen and oxygen atoms in total. The van der Waals surface area contributed by atoms with Gasteiger partial charge in [-0.2, -0.15) is 0 Å². The van der Waals surface area contributed by atoms with Gasteiger partial charge in [-0.1, -0.05) is 131 Å². The van der Waals surface area contributed by atoms with E-state index in [2.05, 4.69) is 44.4 Å². The highest BCUT2D eigenvalue weighted by atomic mass is 16.3. The molecule has 1 aromatic rings. The molecule has 0 fully saturated rings. The average molecular weight is 783 g/mol. The Hall–Kier alpha value is -1.83. The van der Waals surface area contributed by atoms with Gasteiger partial charge in [-0.05, 0) is 71.9 Å². The summed E-state index contributed by atoms with van der Waals surface area (Å²) in [5.41, 5.74) is -2.51. The molecule has 0 aliphatic heterocycles. The van der Waals surface area contributed by atoms with Crippen molar-refractivity contribution in [2.24, 2.45) is 0 Å². The normalized spacial score (nSPS) is 13.7. The number of unbranched alkanes of at least 4 members (excludes halogenated alkanes) is 15. The SMILES string of the molecule is CCCCCCN(C)CC(O)Cn1c(=O)n(CC(O)CN(CCCCCC)CCCCCC)c(=O)n(CC(O)CN(CCCCCC)CCCCCC)c1=O. The van der Waals surface area contributed by atoms with Crippen molar-refractivity contribution in [3.05, 3.63) is 31.5 Å². The summed E-state index contributed by atoms with van der Waals surface area (Å²) in [6, 6.07) is 0. The number of likely N-dealkylation sites (N-methyl/N-ethyl adjacent to an activating group) is 1. The molecule has 3 N–H and O–H groups in total. The molecule has 0 saturated heterocycles. The highest BCUT2D eigenvalue weighted by Gasteiger charge is 2.23. The van der Waals surface area contributed by atoms with E-state index in [1.165, 1.54) is 0 Å². The van der Waals surface area contributed by atoms with Crippen LogP contribution in [0.15, 0.2) is 14.4 Å². The topological polar surface area (TPSA) is 136 Å². The van der Waals surface area contributed by atoms with Crippen LogP contribution in [0.25, 0.3) is 0 Å². The molecule has 3 unspecified atom stereocenters. The van der Waals surface area contributed by atoms with E-state index in [-0.39, 0.29) is 26.2 Å². The fourth-order valence-corrected chi connectivity index (χ4v) is 7.45. The monoisotopic (exact) mass is 783 g/mol. The third kappa shape index (κ3) is 22.6. The van der Waals surface area contributed by atoms with Crippen LogP contribution in [0.5, 0.6) is 0 Å². The fourth-order valence-electron chi connectivity index (χ4n) is 7.45. The molecule has 55 heavy (non-hydrogen) atoms. The van der Waals surface area contributed by atoms with Crippen molar-refractivity contribution >= 4 is 0 Å². The van der Waals surface area contributed by atoms with E-state index in [4.69, 9.17) is 0 Å². The largest absolute Gasteiger partial charge is 0.390 e. The first-order valence-electron chi connectivity index (χ1n) is 22.6. The summed E-state index contributed by atoms with van der Waals surface area (Å²) in [5.74, 6) is 0. The number of nitrogens with zero attached hydrogens (tertiary/aromatic N) is 6. The third-order valence-electron chi connectivity index (χ3n) is 10.7. The zero-order chi connectivity index (χ0) is 40.8. The molecule has 0 aliphatic carbocycles. The van der Waals surface area contributed by atoms with Gasteiger partial charge in [-0.25, -0.2) is 28.1 Å². The fraction of sp³-hybridized carbons (Fsp3) is 0.930. The van der Waals surface area contributed by atoms with Crippen LogP contribution in [0, 0.1) is 0 Å². The first-order chi connectivity index (χ1) is 26.5. The highest BCUT2D eigenvalue weighted by Crippen LogP contribution is 2.09. The van der Waals surface area contributed by atoms with Gasteiger partial charge in [-0.15, -0.1) is 0 Å². The second kappa shape index (κ2) is 32.2. The zero-order valence-corrected chi connectivity index (χ0v) is 36.4. The third-order valence-corrected chi connectivity index (χ3v) is 10.7. The number of aromatic nitrogens is 3. The Kier molecular flexibility index (Phi) is 29.9. The summed E-state index contributed by atoms with van der Waals surface area (Å²) in [6.07, 6.45) is 19.0. The van der Waals surface area contributed by atoms with Crippen LogP contribution in [0.3, 0.4) is 0 Å². The molecule has 324 valence electrons. The number of hydrogen-bond acceptors (Lipinski definition) is 9. The second-order valence-electron chi connectivity index (χ2n) is 16.3. The van der Waals surface area contributed by atoms with Gasteiger partial charge >= 0.3 is 17.1 Å². The Balaban J connectivity index is 3.39. The van der Waals surface area contributed by atoms with Crippen LogP contribution in [-0.2, 0) is 19.6 Å². The van der Waals surface area contributed by atoms with Crippen LogP contribution in [0.2, 0.25) is 0 Å². The van der Waals surface area contributed by atoms with Crippen LogP contribution < -0.4 is 17.1 Å². The Morgan fingerprint density at radius 1 is 0.400 bits per heavy atom. The quantitative estimate of drug-likeness (QED) is 0.0728. The van der Waals surface area contributed by atoms with Gasteiger partial charge in [0.25, 0.3) is 0 Å². The van der Waals surface area contributed by atoms with Gasteiger partial charge in [-0.3, -0.25) is 0 Å². The maximum atomic E-state index is 14.0. The second-order valence-corrected chi connectivity index (χ2v) is 16.3. The van der Waals surface area contributed by atoms with Crippen molar-refractivity contribution in [3.63, 3.8) is 0 Å². The van der Waals surface area contributed by atoms with E-state index in [0.717, 1.165) is 175 Å². The van der Waals surface area contributed by atoms with Crippen molar-refractivity contribution in [2.75, 3.05) is 59.4 Å². The minimum atomic E-state index is -1.03. The summed E-state index contributed by atoms with van der Waals surface area (Å²) in [5, 5.41) is 33.9. The van der Waals surface area contributed by atoms with Crippen LogP contribution >= 0.6 is 0 Å². The lowest BCUT2D eigenvalue weighted by atomic mass is 10.1. The van der Waals surface area contributed by atoms with Crippen LogP contribution in [0.4, 0.5) is 0 Å². The van der Waals surface area contributed by atoms with Crippen molar-refractivity contribution in [2.45, 2.75) is 201 Å². The molecule has 1 heterocycles. The van der Waals surface area contributed by atoms with Crippen molar-refractivity contribution in [1.29, 1.82) is 0 Å². The predicted octanol–water partition coefficient (Wildman–Crippen LogP) is 5.69. The molecule has 0 spiro atoms. The molecule has 0 aromatic carbocycles. The number of aliphatic hydroxyl groups is 3. The summed E-state index contributed by atoms with van der Waals surface area (Å²) >= 11 is 0. The minimum absolute atomic E-state index is 0.262. The highest BCUT2D eigenvalue weighted by molar-refractivity contribution is 4.84.